The molecule has 1 heterocycles. The monoisotopic (exact) mass is 329 g/mol. The first-order chi connectivity index (χ1) is 11.5. The number of aromatic nitrogens is 2. The van der Waals surface area contributed by atoms with Gasteiger partial charge in [-0.3, -0.25) is 9.59 Å². The van der Waals surface area contributed by atoms with Crippen molar-refractivity contribution in [3.05, 3.63) is 70.1 Å². The Labute approximate surface area is 135 Å². The lowest BCUT2D eigenvalue weighted by atomic mass is 10.2. The van der Waals surface area contributed by atoms with Gasteiger partial charge in [-0.2, -0.15) is 0 Å². The molecule has 5 nitrogen and oxygen atoms in total. The van der Waals surface area contributed by atoms with Crippen molar-refractivity contribution in [2.24, 2.45) is 0 Å². The fourth-order valence-electron chi connectivity index (χ4n) is 2.43. The standard InChI is InChI=1S/C17H13F2N3O2/c1-2-22-14-6-4-3-5-13(14)20-15(17(22)24)16(23)21-12-8-7-10(18)9-11(12)19/h3-9H,2H2,1H3,(H,21,23). The number of hydrogen-bond acceptors (Lipinski definition) is 3. The van der Waals surface area contributed by atoms with Gasteiger partial charge in [0.1, 0.15) is 11.6 Å². The van der Waals surface area contributed by atoms with Gasteiger partial charge >= 0.3 is 0 Å². The summed E-state index contributed by atoms with van der Waals surface area (Å²) in [5, 5.41) is 2.25. The third kappa shape index (κ3) is 2.76. The molecule has 0 aliphatic carbocycles. The summed E-state index contributed by atoms with van der Waals surface area (Å²) in [5.74, 6) is -2.54. The SMILES string of the molecule is CCn1c(=O)c(C(=O)Nc2ccc(F)cc2F)nc2ccccc21. The molecule has 0 saturated carbocycles. The number of amides is 1. The van der Waals surface area contributed by atoms with E-state index in [4.69, 9.17) is 0 Å². The summed E-state index contributed by atoms with van der Waals surface area (Å²) in [4.78, 5) is 28.9. The average Bonchev–Trinajstić information content (AvgIpc) is 2.57. The number of benzene rings is 2. The van der Waals surface area contributed by atoms with E-state index in [2.05, 4.69) is 10.3 Å². The van der Waals surface area contributed by atoms with Crippen LogP contribution in [0.3, 0.4) is 0 Å². The van der Waals surface area contributed by atoms with Crippen molar-refractivity contribution < 1.29 is 13.6 Å². The van der Waals surface area contributed by atoms with Crippen molar-refractivity contribution in [2.45, 2.75) is 13.5 Å². The Morgan fingerprint density at radius 2 is 1.96 bits per heavy atom. The maximum Gasteiger partial charge on any atom is 0.282 e. The molecular weight excluding hydrogens is 316 g/mol. The lowest BCUT2D eigenvalue weighted by Gasteiger charge is -2.10. The van der Waals surface area contributed by atoms with Crippen molar-refractivity contribution in [3.63, 3.8) is 0 Å². The first-order valence-corrected chi connectivity index (χ1v) is 7.27. The Balaban J connectivity index is 2.07. The first-order valence-electron chi connectivity index (χ1n) is 7.27. The van der Waals surface area contributed by atoms with Crippen molar-refractivity contribution >= 4 is 22.6 Å². The molecule has 2 aromatic carbocycles. The Bertz CT molecular complexity index is 999. The van der Waals surface area contributed by atoms with Gasteiger partial charge in [0.15, 0.2) is 5.69 Å². The number of hydrogen-bond donors (Lipinski definition) is 1. The van der Waals surface area contributed by atoms with E-state index in [1.54, 1.807) is 31.2 Å². The van der Waals surface area contributed by atoms with Gasteiger partial charge in [-0.05, 0) is 31.2 Å². The molecule has 0 aliphatic rings. The lowest BCUT2D eigenvalue weighted by molar-refractivity contribution is 0.102. The predicted molar refractivity (Wildman–Crippen MR) is 86.0 cm³/mol. The van der Waals surface area contributed by atoms with Gasteiger partial charge in [-0.25, -0.2) is 13.8 Å². The maximum atomic E-state index is 13.7. The van der Waals surface area contributed by atoms with Gasteiger partial charge < -0.3 is 9.88 Å². The minimum absolute atomic E-state index is 0.223. The summed E-state index contributed by atoms with van der Waals surface area (Å²) in [6.45, 7) is 2.13. The highest BCUT2D eigenvalue weighted by atomic mass is 19.1. The molecule has 1 N–H and O–H groups in total. The summed E-state index contributed by atoms with van der Waals surface area (Å²) in [6.07, 6.45) is 0. The fraction of sp³-hybridized carbons (Fsp3) is 0.118. The number of rotatable bonds is 3. The molecule has 0 atom stereocenters. The minimum atomic E-state index is -0.931. The van der Waals surface area contributed by atoms with E-state index in [-0.39, 0.29) is 11.4 Å². The number of carbonyl (C=O) groups is 1. The van der Waals surface area contributed by atoms with Crippen molar-refractivity contribution in [2.75, 3.05) is 5.32 Å². The molecule has 3 rings (SSSR count). The van der Waals surface area contributed by atoms with Crippen LogP contribution in [0.2, 0.25) is 0 Å². The lowest BCUT2D eigenvalue weighted by Crippen LogP contribution is -2.31. The maximum absolute atomic E-state index is 13.7. The van der Waals surface area contributed by atoms with Crippen LogP contribution in [-0.4, -0.2) is 15.5 Å². The number of carbonyl (C=O) groups excluding carboxylic acids is 1. The third-order valence-corrected chi connectivity index (χ3v) is 3.56. The van der Waals surface area contributed by atoms with Gasteiger partial charge in [0.05, 0.1) is 16.7 Å². The summed E-state index contributed by atoms with van der Waals surface area (Å²) in [5.41, 5.74) is -0.0625. The van der Waals surface area contributed by atoms with E-state index in [0.717, 1.165) is 12.1 Å². The van der Waals surface area contributed by atoms with Crippen LogP contribution in [0.1, 0.15) is 17.4 Å². The molecule has 3 aromatic rings. The summed E-state index contributed by atoms with van der Waals surface area (Å²) >= 11 is 0. The molecular formula is C17H13F2N3O2. The number of para-hydroxylation sites is 2. The van der Waals surface area contributed by atoms with E-state index in [1.165, 1.54) is 4.57 Å². The van der Waals surface area contributed by atoms with Crippen LogP contribution in [0.15, 0.2) is 47.3 Å². The third-order valence-electron chi connectivity index (χ3n) is 3.56. The van der Waals surface area contributed by atoms with E-state index in [0.29, 0.717) is 23.6 Å². The fourth-order valence-corrected chi connectivity index (χ4v) is 2.43. The largest absolute Gasteiger partial charge is 0.318 e. The number of fused-ring (bicyclic) bond motifs is 1. The molecule has 7 heteroatoms. The normalized spacial score (nSPS) is 10.8. The molecule has 0 unspecified atom stereocenters. The molecule has 24 heavy (non-hydrogen) atoms. The van der Waals surface area contributed by atoms with Gasteiger partial charge in [0.25, 0.3) is 11.5 Å². The molecule has 0 saturated heterocycles. The quantitative estimate of drug-likeness (QED) is 0.803. The molecule has 0 bridgehead atoms. The predicted octanol–water partition coefficient (Wildman–Crippen LogP) is 2.95. The number of halogens is 2. The first kappa shape index (κ1) is 15.8. The molecule has 0 aliphatic heterocycles. The van der Waals surface area contributed by atoms with Crippen molar-refractivity contribution in [3.8, 4) is 0 Å². The van der Waals surface area contributed by atoms with Crippen LogP contribution in [0, 0.1) is 11.6 Å². The number of aryl methyl sites for hydroxylation is 1. The highest BCUT2D eigenvalue weighted by molar-refractivity contribution is 6.03. The van der Waals surface area contributed by atoms with Crippen LogP contribution < -0.4 is 10.9 Å². The van der Waals surface area contributed by atoms with E-state index < -0.39 is 23.1 Å². The molecule has 1 amide bonds. The van der Waals surface area contributed by atoms with E-state index >= 15 is 0 Å². The van der Waals surface area contributed by atoms with Gasteiger partial charge in [-0.1, -0.05) is 12.1 Å². The number of anilines is 1. The van der Waals surface area contributed by atoms with Crippen LogP contribution in [-0.2, 0) is 6.54 Å². The Kier molecular flexibility index (Phi) is 4.07. The number of nitrogens with zero attached hydrogens (tertiary/aromatic N) is 2. The van der Waals surface area contributed by atoms with E-state index in [9.17, 15) is 18.4 Å². The minimum Gasteiger partial charge on any atom is -0.318 e. The smallest absolute Gasteiger partial charge is 0.282 e. The summed E-state index contributed by atoms with van der Waals surface area (Å²) < 4.78 is 28.0. The highest BCUT2D eigenvalue weighted by Crippen LogP contribution is 2.16. The zero-order chi connectivity index (χ0) is 17.3. The zero-order valence-electron chi connectivity index (χ0n) is 12.7. The van der Waals surface area contributed by atoms with Gasteiger partial charge in [0, 0.05) is 12.6 Å². The van der Waals surface area contributed by atoms with Gasteiger partial charge in [0.2, 0.25) is 0 Å². The van der Waals surface area contributed by atoms with Crippen LogP contribution >= 0.6 is 0 Å². The van der Waals surface area contributed by atoms with Crippen LogP contribution in [0.4, 0.5) is 14.5 Å². The van der Waals surface area contributed by atoms with Crippen LogP contribution in [0.25, 0.3) is 11.0 Å². The number of nitrogens with one attached hydrogen (secondary N) is 1. The molecule has 0 radical (unpaired) electrons. The average molecular weight is 329 g/mol. The molecule has 0 spiro atoms. The Morgan fingerprint density at radius 1 is 1.21 bits per heavy atom. The second-order valence-corrected chi connectivity index (χ2v) is 5.08. The summed E-state index contributed by atoms with van der Waals surface area (Å²) in [7, 11) is 0. The Hall–Kier alpha value is -3.09. The topological polar surface area (TPSA) is 64.0 Å². The second-order valence-electron chi connectivity index (χ2n) is 5.08. The second kappa shape index (κ2) is 6.19. The highest BCUT2D eigenvalue weighted by Gasteiger charge is 2.18. The molecule has 122 valence electrons. The van der Waals surface area contributed by atoms with Gasteiger partial charge in [-0.15, -0.1) is 0 Å². The van der Waals surface area contributed by atoms with E-state index in [1.807, 2.05) is 0 Å². The zero-order valence-corrected chi connectivity index (χ0v) is 12.7. The molecule has 1 aromatic heterocycles. The Morgan fingerprint density at radius 3 is 2.67 bits per heavy atom. The van der Waals surface area contributed by atoms with Crippen molar-refractivity contribution in [1.82, 2.24) is 9.55 Å². The molecule has 0 fully saturated rings. The summed E-state index contributed by atoms with van der Waals surface area (Å²) in [6, 6.07) is 9.65. The van der Waals surface area contributed by atoms with Crippen molar-refractivity contribution in [1.29, 1.82) is 0 Å². The van der Waals surface area contributed by atoms with Crippen LogP contribution in [0.5, 0.6) is 0 Å².